The highest BCUT2D eigenvalue weighted by Crippen LogP contribution is 2.31. The van der Waals surface area contributed by atoms with E-state index in [1.807, 2.05) is 6.92 Å². The molecule has 0 fully saturated rings. The summed E-state index contributed by atoms with van der Waals surface area (Å²) < 4.78 is 0. The van der Waals surface area contributed by atoms with Crippen molar-refractivity contribution < 1.29 is 0 Å². The molecule has 1 unspecified atom stereocenters. The first-order valence-corrected chi connectivity index (χ1v) is 4.74. The number of halogens is 3. The van der Waals surface area contributed by atoms with E-state index >= 15 is 0 Å². The molecule has 4 heteroatoms. The fourth-order valence-corrected chi connectivity index (χ4v) is 1.62. The molecule has 1 aromatic heterocycles. The average molecular weight is 255 g/mol. The summed E-state index contributed by atoms with van der Waals surface area (Å²) in [6.07, 6.45) is 1.64. The van der Waals surface area contributed by atoms with Gasteiger partial charge in [0.1, 0.15) is 0 Å². The third-order valence-electron chi connectivity index (χ3n) is 1.25. The van der Waals surface area contributed by atoms with Gasteiger partial charge in [-0.15, -0.1) is 0 Å². The van der Waals surface area contributed by atoms with Gasteiger partial charge in [-0.05, 0) is 13.0 Å². The highest BCUT2D eigenvalue weighted by Gasteiger charge is 2.09. The lowest BCUT2D eigenvalue weighted by molar-refractivity contribution is 1.02. The van der Waals surface area contributed by atoms with E-state index < -0.39 is 0 Å². The molecule has 0 radical (unpaired) electrons. The van der Waals surface area contributed by atoms with Crippen molar-refractivity contribution in [2.24, 2.45) is 0 Å². The van der Waals surface area contributed by atoms with E-state index in [4.69, 9.17) is 23.2 Å². The van der Waals surface area contributed by atoms with Crippen molar-refractivity contribution in [2.45, 2.75) is 11.8 Å². The topological polar surface area (TPSA) is 12.9 Å². The van der Waals surface area contributed by atoms with Crippen LogP contribution in [0.15, 0.2) is 12.3 Å². The van der Waals surface area contributed by atoms with Gasteiger partial charge in [0, 0.05) is 6.20 Å². The number of alkyl halides is 1. The lowest BCUT2D eigenvalue weighted by atomic mass is 10.3. The van der Waals surface area contributed by atoms with Gasteiger partial charge in [0.15, 0.2) is 0 Å². The van der Waals surface area contributed by atoms with Gasteiger partial charge in [-0.3, -0.25) is 4.98 Å². The number of hydrogen-bond donors (Lipinski definition) is 0. The van der Waals surface area contributed by atoms with Crippen LogP contribution in [0.2, 0.25) is 10.0 Å². The number of hydrogen-bond acceptors (Lipinski definition) is 1. The van der Waals surface area contributed by atoms with E-state index in [1.54, 1.807) is 12.3 Å². The maximum Gasteiger partial charge on any atom is 0.0819 e. The minimum atomic E-state index is 0.133. The first-order valence-electron chi connectivity index (χ1n) is 3.07. The van der Waals surface area contributed by atoms with E-state index in [0.717, 1.165) is 5.69 Å². The molecule has 1 heterocycles. The maximum absolute atomic E-state index is 5.86. The fourth-order valence-electron chi connectivity index (χ4n) is 0.713. The third-order valence-corrected chi connectivity index (χ3v) is 2.49. The fraction of sp³-hybridized carbons (Fsp3) is 0.286. The molecule has 1 nitrogen and oxygen atoms in total. The first kappa shape index (κ1) is 9.30. The summed E-state index contributed by atoms with van der Waals surface area (Å²) in [7, 11) is 0. The van der Waals surface area contributed by atoms with Crippen LogP contribution in [0.5, 0.6) is 0 Å². The molecule has 0 aliphatic rings. The number of pyridine rings is 1. The van der Waals surface area contributed by atoms with Gasteiger partial charge in [-0.25, -0.2) is 0 Å². The smallest absolute Gasteiger partial charge is 0.0819 e. The van der Waals surface area contributed by atoms with Crippen molar-refractivity contribution in [3.63, 3.8) is 0 Å². The van der Waals surface area contributed by atoms with Gasteiger partial charge in [0.2, 0.25) is 0 Å². The Morgan fingerprint density at radius 3 is 2.64 bits per heavy atom. The van der Waals surface area contributed by atoms with Crippen LogP contribution in [0.4, 0.5) is 0 Å². The van der Waals surface area contributed by atoms with E-state index in [9.17, 15) is 0 Å². The van der Waals surface area contributed by atoms with Crippen molar-refractivity contribution in [3.05, 3.63) is 28.0 Å². The molecular formula is C7H6BrCl2N. The second kappa shape index (κ2) is 3.74. The van der Waals surface area contributed by atoms with E-state index in [0.29, 0.717) is 10.0 Å². The Balaban J connectivity index is 3.17. The molecule has 1 aromatic rings. The van der Waals surface area contributed by atoms with Crippen LogP contribution in [-0.2, 0) is 0 Å². The van der Waals surface area contributed by atoms with Crippen LogP contribution in [-0.4, -0.2) is 4.98 Å². The summed E-state index contributed by atoms with van der Waals surface area (Å²) in [5.41, 5.74) is 0.777. The second-order valence-electron chi connectivity index (χ2n) is 2.11. The molecule has 0 bridgehead atoms. The summed E-state index contributed by atoms with van der Waals surface area (Å²) in [6.45, 7) is 1.95. The lowest BCUT2D eigenvalue weighted by Crippen LogP contribution is -1.90. The zero-order valence-corrected chi connectivity index (χ0v) is 8.91. The van der Waals surface area contributed by atoms with Gasteiger partial charge >= 0.3 is 0 Å². The molecule has 1 atom stereocenters. The van der Waals surface area contributed by atoms with Crippen LogP contribution in [0.1, 0.15) is 17.4 Å². The highest BCUT2D eigenvalue weighted by molar-refractivity contribution is 9.09. The predicted octanol–water partition coefficient (Wildman–Crippen LogP) is 3.84. The molecule has 0 aromatic carbocycles. The van der Waals surface area contributed by atoms with Gasteiger partial charge < -0.3 is 0 Å². The molecule has 0 saturated heterocycles. The largest absolute Gasteiger partial charge is 0.258 e. The van der Waals surface area contributed by atoms with Crippen LogP contribution in [0.3, 0.4) is 0 Å². The average Bonchev–Trinajstić information content (AvgIpc) is 1.94. The van der Waals surface area contributed by atoms with Crippen LogP contribution in [0, 0.1) is 0 Å². The zero-order chi connectivity index (χ0) is 8.43. The summed E-state index contributed by atoms with van der Waals surface area (Å²) in [5.74, 6) is 0. The SMILES string of the molecule is CC(Br)c1nccc(Cl)c1Cl. The Morgan fingerprint density at radius 2 is 2.18 bits per heavy atom. The summed E-state index contributed by atoms with van der Waals surface area (Å²) >= 11 is 15.0. The summed E-state index contributed by atoms with van der Waals surface area (Å²) in [6, 6.07) is 1.67. The number of aromatic nitrogens is 1. The standard InChI is InChI=1S/C7H6BrCl2N/c1-4(8)7-6(10)5(9)2-3-11-7/h2-4H,1H3. The molecule has 60 valence electrons. The van der Waals surface area contributed by atoms with Gasteiger partial charge in [0.05, 0.1) is 20.6 Å². The zero-order valence-electron chi connectivity index (χ0n) is 5.81. The van der Waals surface area contributed by atoms with Gasteiger partial charge in [-0.1, -0.05) is 39.1 Å². The number of nitrogens with zero attached hydrogens (tertiary/aromatic N) is 1. The monoisotopic (exact) mass is 253 g/mol. The molecule has 0 saturated carbocycles. The number of rotatable bonds is 1. The second-order valence-corrected chi connectivity index (χ2v) is 4.27. The molecule has 11 heavy (non-hydrogen) atoms. The summed E-state index contributed by atoms with van der Waals surface area (Å²) in [5, 5.41) is 1.07. The first-order chi connectivity index (χ1) is 5.13. The maximum atomic E-state index is 5.86. The van der Waals surface area contributed by atoms with Gasteiger partial charge in [-0.2, -0.15) is 0 Å². The molecule has 0 aliphatic carbocycles. The van der Waals surface area contributed by atoms with Crippen molar-refractivity contribution in [3.8, 4) is 0 Å². The Labute approximate surface area is 83.9 Å². The molecule has 0 amide bonds. The van der Waals surface area contributed by atoms with Crippen molar-refractivity contribution in [2.75, 3.05) is 0 Å². The molecule has 1 rings (SSSR count). The minimum Gasteiger partial charge on any atom is -0.258 e. The molecule has 0 spiro atoms. The van der Waals surface area contributed by atoms with Crippen LogP contribution < -0.4 is 0 Å². The van der Waals surface area contributed by atoms with Gasteiger partial charge in [0.25, 0.3) is 0 Å². The minimum absolute atomic E-state index is 0.133. The highest BCUT2D eigenvalue weighted by atomic mass is 79.9. The van der Waals surface area contributed by atoms with E-state index in [1.165, 1.54) is 0 Å². The Kier molecular flexibility index (Phi) is 3.16. The van der Waals surface area contributed by atoms with Crippen LogP contribution in [0.25, 0.3) is 0 Å². The Hall–Kier alpha value is 0.210. The lowest BCUT2D eigenvalue weighted by Gasteiger charge is -2.05. The Bertz CT molecular complexity index is 263. The normalized spacial score (nSPS) is 13.1. The van der Waals surface area contributed by atoms with Crippen molar-refractivity contribution in [1.29, 1.82) is 0 Å². The van der Waals surface area contributed by atoms with Crippen LogP contribution >= 0.6 is 39.1 Å². The van der Waals surface area contributed by atoms with E-state index in [2.05, 4.69) is 20.9 Å². The molecular weight excluding hydrogens is 249 g/mol. The quantitative estimate of drug-likeness (QED) is 0.694. The predicted molar refractivity (Wildman–Crippen MR) is 51.6 cm³/mol. The molecule has 0 aliphatic heterocycles. The molecule has 0 N–H and O–H groups in total. The van der Waals surface area contributed by atoms with E-state index in [-0.39, 0.29) is 4.83 Å². The summed E-state index contributed by atoms with van der Waals surface area (Å²) in [4.78, 5) is 4.21. The Morgan fingerprint density at radius 1 is 1.55 bits per heavy atom. The van der Waals surface area contributed by atoms with Crippen molar-refractivity contribution in [1.82, 2.24) is 4.98 Å². The van der Waals surface area contributed by atoms with Crippen molar-refractivity contribution >= 4 is 39.1 Å². The third kappa shape index (κ3) is 2.08.